The maximum absolute atomic E-state index is 10.3. The summed E-state index contributed by atoms with van der Waals surface area (Å²) in [5, 5.41) is 10.3. The minimum Gasteiger partial charge on any atom is -0.494 e. The van der Waals surface area contributed by atoms with Crippen LogP contribution < -0.4 is 4.74 Å². The highest BCUT2D eigenvalue weighted by Crippen LogP contribution is 2.45. The minimum atomic E-state index is -0.662. The van der Waals surface area contributed by atoms with Gasteiger partial charge in [-0.15, -0.1) is 0 Å². The second-order valence-corrected chi connectivity index (χ2v) is 4.38. The molecule has 0 amide bonds. The van der Waals surface area contributed by atoms with Crippen molar-refractivity contribution in [2.75, 3.05) is 6.61 Å². The van der Waals surface area contributed by atoms with E-state index in [9.17, 15) is 5.11 Å². The molecule has 2 nitrogen and oxygen atoms in total. The van der Waals surface area contributed by atoms with E-state index in [-0.39, 0.29) is 0 Å². The average molecular weight is 206 g/mol. The molecule has 0 unspecified atom stereocenters. The van der Waals surface area contributed by atoms with Gasteiger partial charge in [0, 0.05) is 0 Å². The number of ether oxygens (including phenoxy) is 1. The van der Waals surface area contributed by atoms with Crippen LogP contribution in [0.25, 0.3) is 0 Å². The summed E-state index contributed by atoms with van der Waals surface area (Å²) in [6.07, 6.45) is 2.28. The van der Waals surface area contributed by atoms with Gasteiger partial charge in [0.2, 0.25) is 0 Å². The zero-order valence-corrected chi connectivity index (χ0v) is 9.36. The van der Waals surface area contributed by atoms with Crippen molar-refractivity contribution in [3.05, 3.63) is 29.8 Å². The van der Waals surface area contributed by atoms with E-state index in [4.69, 9.17) is 4.74 Å². The highest BCUT2D eigenvalue weighted by molar-refractivity contribution is 5.31. The molecule has 1 aliphatic carbocycles. The topological polar surface area (TPSA) is 29.5 Å². The van der Waals surface area contributed by atoms with Crippen LogP contribution in [-0.2, 0) is 5.60 Å². The maximum Gasteiger partial charge on any atom is 0.119 e. The van der Waals surface area contributed by atoms with Crippen LogP contribution in [0.4, 0.5) is 0 Å². The van der Waals surface area contributed by atoms with Crippen LogP contribution in [0.1, 0.15) is 32.3 Å². The Morgan fingerprint density at radius 1 is 1.33 bits per heavy atom. The standard InChI is InChI=1S/C13H18O2/c1-3-15-12-8-6-11(7-9-12)13(2,14)10-4-5-10/h6-10,14H,3-5H2,1-2H3/t13-/m0/s1. The second kappa shape index (κ2) is 3.86. The Morgan fingerprint density at radius 3 is 2.40 bits per heavy atom. The molecule has 0 bridgehead atoms. The van der Waals surface area contributed by atoms with E-state index in [0.717, 1.165) is 24.2 Å². The molecule has 1 aromatic carbocycles. The monoisotopic (exact) mass is 206 g/mol. The highest BCUT2D eigenvalue weighted by atomic mass is 16.5. The first-order valence-corrected chi connectivity index (χ1v) is 5.60. The quantitative estimate of drug-likeness (QED) is 0.820. The first-order chi connectivity index (χ1) is 7.14. The summed E-state index contributed by atoms with van der Waals surface area (Å²) in [5.74, 6) is 1.31. The van der Waals surface area contributed by atoms with E-state index >= 15 is 0 Å². The lowest BCUT2D eigenvalue weighted by Gasteiger charge is -2.23. The molecule has 2 rings (SSSR count). The third-order valence-electron chi connectivity index (χ3n) is 3.12. The van der Waals surface area contributed by atoms with Crippen LogP contribution in [0.2, 0.25) is 0 Å². The Morgan fingerprint density at radius 2 is 1.93 bits per heavy atom. The summed E-state index contributed by atoms with van der Waals surface area (Å²) in [5.41, 5.74) is 0.332. The molecular weight excluding hydrogens is 188 g/mol. The fourth-order valence-electron chi connectivity index (χ4n) is 1.94. The lowest BCUT2D eigenvalue weighted by Crippen LogP contribution is -2.23. The molecule has 1 N–H and O–H groups in total. The zero-order valence-electron chi connectivity index (χ0n) is 9.36. The van der Waals surface area contributed by atoms with E-state index in [1.54, 1.807) is 0 Å². The van der Waals surface area contributed by atoms with Crippen LogP contribution in [0.3, 0.4) is 0 Å². The molecule has 0 saturated heterocycles. The van der Waals surface area contributed by atoms with E-state index in [0.29, 0.717) is 12.5 Å². The van der Waals surface area contributed by atoms with Crippen molar-refractivity contribution < 1.29 is 9.84 Å². The molecule has 82 valence electrons. The fraction of sp³-hybridized carbons (Fsp3) is 0.538. The van der Waals surface area contributed by atoms with Gasteiger partial charge >= 0.3 is 0 Å². The maximum atomic E-state index is 10.3. The van der Waals surface area contributed by atoms with Crippen molar-refractivity contribution in [1.29, 1.82) is 0 Å². The molecule has 1 fully saturated rings. The number of hydrogen-bond donors (Lipinski definition) is 1. The summed E-state index contributed by atoms with van der Waals surface area (Å²) in [6, 6.07) is 7.78. The molecule has 1 aromatic rings. The van der Waals surface area contributed by atoms with Crippen molar-refractivity contribution in [2.45, 2.75) is 32.3 Å². The number of aliphatic hydroxyl groups is 1. The Labute approximate surface area is 90.9 Å². The highest BCUT2D eigenvalue weighted by Gasteiger charge is 2.40. The Kier molecular flexibility index (Phi) is 2.70. The van der Waals surface area contributed by atoms with Crippen LogP contribution in [0, 0.1) is 5.92 Å². The first kappa shape index (κ1) is 10.5. The van der Waals surface area contributed by atoms with Crippen LogP contribution in [0.15, 0.2) is 24.3 Å². The number of hydrogen-bond acceptors (Lipinski definition) is 2. The van der Waals surface area contributed by atoms with Gasteiger partial charge in [-0.1, -0.05) is 12.1 Å². The molecular formula is C13H18O2. The van der Waals surface area contributed by atoms with Gasteiger partial charge in [0.1, 0.15) is 5.75 Å². The molecule has 0 aliphatic heterocycles. The summed E-state index contributed by atoms with van der Waals surface area (Å²) in [7, 11) is 0. The van der Waals surface area contributed by atoms with Crippen molar-refractivity contribution in [2.24, 2.45) is 5.92 Å². The zero-order chi connectivity index (χ0) is 10.9. The summed E-state index contributed by atoms with van der Waals surface area (Å²) < 4.78 is 5.37. The molecule has 1 saturated carbocycles. The van der Waals surface area contributed by atoms with E-state index in [2.05, 4.69) is 0 Å². The van der Waals surface area contributed by atoms with Crippen molar-refractivity contribution in [1.82, 2.24) is 0 Å². The summed E-state index contributed by atoms with van der Waals surface area (Å²) in [4.78, 5) is 0. The molecule has 0 spiro atoms. The first-order valence-electron chi connectivity index (χ1n) is 5.60. The smallest absolute Gasteiger partial charge is 0.119 e. The van der Waals surface area contributed by atoms with Gasteiger partial charge < -0.3 is 9.84 Å². The minimum absolute atomic E-state index is 0.440. The predicted molar refractivity (Wildman–Crippen MR) is 59.9 cm³/mol. The van der Waals surface area contributed by atoms with E-state index < -0.39 is 5.60 Å². The van der Waals surface area contributed by atoms with Gasteiger partial charge in [-0.25, -0.2) is 0 Å². The second-order valence-electron chi connectivity index (χ2n) is 4.38. The van der Waals surface area contributed by atoms with E-state index in [1.807, 2.05) is 38.1 Å². The fourth-order valence-corrected chi connectivity index (χ4v) is 1.94. The van der Waals surface area contributed by atoms with Crippen LogP contribution in [0.5, 0.6) is 5.75 Å². The molecule has 1 aliphatic rings. The van der Waals surface area contributed by atoms with Crippen molar-refractivity contribution in [3.63, 3.8) is 0 Å². The number of rotatable bonds is 4. The molecule has 1 atom stereocenters. The van der Waals surface area contributed by atoms with Gasteiger partial charge in [-0.05, 0) is 50.3 Å². The van der Waals surface area contributed by atoms with Gasteiger partial charge in [-0.3, -0.25) is 0 Å². The van der Waals surface area contributed by atoms with Crippen molar-refractivity contribution >= 4 is 0 Å². The molecule has 0 radical (unpaired) electrons. The Hall–Kier alpha value is -1.02. The summed E-state index contributed by atoms with van der Waals surface area (Å²) >= 11 is 0. The molecule has 0 aromatic heterocycles. The van der Waals surface area contributed by atoms with Gasteiger partial charge in [0.15, 0.2) is 0 Å². The normalized spacial score (nSPS) is 19.7. The largest absolute Gasteiger partial charge is 0.494 e. The number of benzene rings is 1. The van der Waals surface area contributed by atoms with E-state index in [1.165, 1.54) is 0 Å². The third kappa shape index (κ3) is 2.15. The van der Waals surface area contributed by atoms with Crippen LogP contribution in [-0.4, -0.2) is 11.7 Å². The lowest BCUT2D eigenvalue weighted by molar-refractivity contribution is 0.0330. The molecule has 2 heteroatoms. The van der Waals surface area contributed by atoms with Crippen molar-refractivity contribution in [3.8, 4) is 5.75 Å². The summed E-state index contributed by atoms with van der Waals surface area (Å²) in [6.45, 7) is 4.55. The van der Waals surface area contributed by atoms with Gasteiger partial charge in [0.25, 0.3) is 0 Å². The Balaban J connectivity index is 2.15. The Bertz CT molecular complexity index is 323. The average Bonchev–Trinajstić information content (AvgIpc) is 3.02. The third-order valence-corrected chi connectivity index (χ3v) is 3.12. The molecule has 15 heavy (non-hydrogen) atoms. The SMILES string of the molecule is CCOc1ccc([C@@](C)(O)C2CC2)cc1. The van der Waals surface area contributed by atoms with Gasteiger partial charge in [0.05, 0.1) is 12.2 Å². The lowest BCUT2D eigenvalue weighted by atomic mass is 9.91. The van der Waals surface area contributed by atoms with Gasteiger partial charge in [-0.2, -0.15) is 0 Å². The molecule has 0 heterocycles. The predicted octanol–water partition coefficient (Wildman–Crippen LogP) is 2.70. The van der Waals surface area contributed by atoms with Crippen LogP contribution >= 0.6 is 0 Å².